The van der Waals surface area contributed by atoms with Crippen molar-refractivity contribution >= 4 is 5.91 Å². The molecule has 7 nitrogen and oxygen atoms in total. The molecule has 1 aliphatic carbocycles. The molecule has 31 heavy (non-hydrogen) atoms. The number of nitrogens with zero attached hydrogens (tertiary/aromatic N) is 4. The Morgan fingerprint density at radius 1 is 1.00 bits per heavy atom. The molecule has 1 atom stereocenters. The number of carbonyl (C=O) groups is 1. The Balaban J connectivity index is 1.16. The summed E-state index contributed by atoms with van der Waals surface area (Å²) >= 11 is 0. The zero-order valence-corrected chi connectivity index (χ0v) is 18.0. The highest BCUT2D eigenvalue weighted by atomic mass is 16.5. The van der Waals surface area contributed by atoms with E-state index in [0.717, 1.165) is 68.6 Å². The Kier molecular flexibility index (Phi) is 5.87. The average Bonchev–Trinajstić information content (AvgIpc) is 2.82. The smallest absolute Gasteiger partial charge is 0.267 e. The van der Waals surface area contributed by atoms with Crippen molar-refractivity contribution in [1.82, 2.24) is 19.6 Å². The molecular formula is C24H30N4O3. The van der Waals surface area contributed by atoms with Gasteiger partial charge < -0.3 is 9.64 Å². The van der Waals surface area contributed by atoms with Crippen molar-refractivity contribution in [3.8, 4) is 0 Å². The van der Waals surface area contributed by atoms with E-state index < -0.39 is 6.10 Å². The molecular weight excluding hydrogens is 392 g/mol. The van der Waals surface area contributed by atoms with E-state index in [2.05, 4.69) is 16.1 Å². The zero-order chi connectivity index (χ0) is 21.2. The minimum Gasteiger partial charge on any atom is -0.363 e. The van der Waals surface area contributed by atoms with Crippen LogP contribution in [0.3, 0.4) is 0 Å². The first-order chi connectivity index (χ1) is 15.2. The summed E-state index contributed by atoms with van der Waals surface area (Å²) in [6.07, 6.45) is 4.65. The number of fused-ring (bicyclic) bond motifs is 2. The minimum absolute atomic E-state index is 0.00239. The Hall–Kier alpha value is -2.51. The Labute approximate surface area is 182 Å². The number of amides is 1. The second kappa shape index (κ2) is 8.93. The summed E-state index contributed by atoms with van der Waals surface area (Å²) in [5.41, 5.74) is 4.45. The third-order valence-corrected chi connectivity index (χ3v) is 6.80. The van der Waals surface area contributed by atoms with Gasteiger partial charge in [0.15, 0.2) is 6.10 Å². The number of aryl methyl sites for hydroxylation is 2. The predicted molar refractivity (Wildman–Crippen MR) is 117 cm³/mol. The fourth-order valence-corrected chi connectivity index (χ4v) is 4.95. The molecule has 0 radical (unpaired) electrons. The number of aromatic nitrogens is 2. The van der Waals surface area contributed by atoms with Gasteiger partial charge in [0.2, 0.25) is 0 Å². The molecule has 164 valence electrons. The maximum absolute atomic E-state index is 13.1. The van der Waals surface area contributed by atoms with Gasteiger partial charge in [-0.2, -0.15) is 5.10 Å². The van der Waals surface area contributed by atoms with Crippen LogP contribution >= 0.6 is 0 Å². The molecule has 1 saturated heterocycles. The van der Waals surface area contributed by atoms with Crippen LogP contribution in [0, 0.1) is 0 Å². The van der Waals surface area contributed by atoms with Crippen molar-refractivity contribution in [2.24, 2.45) is 0 Å². The molecule has 0 bridgehead atoms. The van der Waals surface area contributed by atoms with Crippen molar-refractivity contribution < 1.29 is 9.53 Å². The topological polar surface area (TPSA) is 67.7 Å². The van der Waals surface area contributed by atoms with Gasteiger partial charge in [0.1, 0.15) is 0 Å². The summed E-state index contributed by atoms with van der Waals surface area (Å²) in [4.78, 5) is 29.7. The summed E-state index contributed by atoms with van der Waals surface area (Å²) in [6, 6.07) is 9.87. The Morgan fingerprint density at radius 3 is 2.68 bits per heavy atom. The quantitative estimate of drug-likeness (QED) is 0.749. The average molecular weight is 423 g/mol. The third-order valence-electron chi connectivity index (χ3n) is 6.80. The van der Waals surface area contributed by atoms with Crippen LogP contribution in [0.25, 0.3) is 0 Å². The summed E-state index contributed by atoms with van der Waals surface area (Å²) in [7, 11) is 0. The highest BCUT2D eigenvalue weighted by Gasteiger charge is 2.32. The van der Waals surface area contributed by atoms with Gasteiger partial charge in [-0.1, -0.05) is 24.3 Å². The fourth-order valence-electron chi connectivity index (χ4n) is 4.95. The number of rotatable bonds is 4. The van der Waals surface area contributed by atoms with Crippen LogP contribution in [0.5, 0.6) is 0 Å². The lowest BCUT2D eigenvalue weighted by Gasteiger charge is -2.37. The first-order valence-electron chi connectivity index (χ1n) is 11.5. The molecule has 1 unspecified atom stereocenters. The van der Waals surface area contributed by atoms with E-state index in [9.17, 15) is 9.59 Å². The van der Waals surface area contributed by atoms with Crippen molar-refractivity contribution in [3.05, 3.63) is 63.1 Å². The monoisotopic (exact) mass is 422 g/mol. The van der Waals surface area contributed by atoms with E-state index in [1.165, 1.54) is 5.56 Å². The molecule has 5 rings (SSSR count). The second-order valence-electron chi connectivity index (χ2n) is 8.75. The van der Waals surface area contributed by atoms with E-state index in [1.807, 2.05) is 23.1 Å². The van der Waals surface area contributed by atoms with Crippen molar-refractivity contribution in [2.45, 2.75) is 44.8 Å². The minimum atomic E-state index is -0.477. The van der Waals surface area contributed by atoms with Gasteiger partial charge in [-0.05, 0) is 48.8 Å². The molecule has 1 aromatic carbocycles. The highest BCUT2D eigenvalue weighted by molar-refractivity contribution is 5.83. The van der Waals surface area contributed by atoms with Gasteiger partial charge in [-0.15, -0.1) is 0 Å². The summed E-state index contributed by atoms with van der Waals surface area (Å²) in [5.74, 6) is 0.0689. The molecule has 2 aliphatic heterocycles. The third kappa shape index (κ3) is 4.29. The van der Waals surface area contributed by atoms with E-state index in [-0.39, 0.29) is 11.5 Å². The number of piperazine rings is 1. The number of ether oxygens (including phenoxy) is 1. The van der Waals surface area contributed by atoms with Gasteiger partial charge in [-0.25, -0.2) is 4.68 Å². The highest BCUT2D eigenvalue weighted by Crippen LogP contribution is 2.29. The predicted octanol–water partition coefficient (Wildman–Crippen LogP) is 1.58. The van der Waals surface area contributed by atoms with Crippen LogP contribution in [0.1, 0.15) is 41.3 Å². The maximum Gasteiger partial charge on any atom is 0.267 e. The standard InChI is InChI=1S/C24H30N4O3/c29-22-17-19-6-2-4-8-21(19)25-28(22)15-12-26-10-13-27(14-11-26)24(30)23-20-7-3-1-5-18(20)9-16-31-23/h1,3,5,7,17,23H,2,4,6,8-16H2. The first kappa shape index (κ1) is 20.4. The largest absolute Gasteiger partial charge is 0.363 e. The molecule has 0 N–H and O–H groups in total. The van der Waals surface area contributed by atoms with E-state index in [1.54, 1.807) is 10.7 Å². The molecule has 2 aromatic rings. The Morgan fingerprint density at radius 2 is 1.81 bits per heavy atom. The lowest BCUT2D eigenvalue weighted by Crippen LogP contribution is -2.51. The molecule has 3 aliphatic rings. The van der Waals surface area contributed by atoms with Crippen molar-refractivity contribution in [2.75, 3.05) is 39.3 Å². The summed E-state index contributed by atoms with van der Waals surface area (Å²) in [6.45, 7) is 4.95. The lowest BCUT2D eigenvalue weighted by molar-refractivity contribution is -0.147. The van der Waals surface area contributed by atoms with E-state index >= 15 is 0 Å². The number of hydrogen-bond acceptors (Lipinski definition) is 5. The van der Waals surface area contributed by atoms with Gasteiger partial charge in [0.05, 0.1) is 18.8 Å². The normalized spacial score (nSPS) is 21.4. The molecule has 7 heteroatoms. The first-order valence-corrected chi connectivity index (χ1v) is 11.5. The van der Waals surface area contributed by atoms with Gasteiger partial charge in [0.25, 0.3) is 11.5 Å². The van der Waals surface area contributed by atoms with Crippen LogP contribution in [0.15, 0.2) is 35.1 Å². The maximum atomic E-state index is 13.1. The molecule has 3 heterocycles. The SMILES string of the molecule is O=C(C1OCCc2ccccc21)N1CCN(CCn2nc3c(cc2=O)CCCC3)CC1. The van der Waals surface area contributed by atoms with Crippen molar-refractivity contribution in [3.63, 3.8) is 0 Å². The molecule has 0 spiro atoms. The van der Waals surface area contributed by atoms with Crippen LogP contribution in [0.2, 0.25) is 0 Å². The van der Waals surface area contributed by atoms with Gasteiger partial charge in [0, 0.05) is 38.8 Å². The van der Waals surface area contributed by atoms with E-state index in [4.69, 9.17) is 4.74 Å². The fraction of sp³-hybridized carbons (Fsp3) is 0.542. The molecule has 1 fully saturated rings. The van der Waals surface area contributed by atoms with Crippen LogP contribution in [-0.4, -0.2) is 64.8 Å². The number of hydrogen-bond donors (Lipinski definition) is 0. The lowest BCUT2D eigenvalue weighted by atomic mass is 9.96. The second-order valence-corrected chi connectivity index (χ2v) is 8.75. The van der Waals surface area contributed by atoms with Gasteiger partial charge >= 0.3 is 0 Å². The van der Waals surface area contributed by atoms with Crippen molar-refractivity contribution in [1.29, 1.82) is 0 Å². The van der Waals surface area contributed by atoms with Gasteiger partial charge in [-0.3, -0.25) is 14.5 Å². The number of carbonyl (C=O) groups excluding carboxylic acids is 1. The van der Waals surface area contributed by atoms with Crippen LogP contribution < -0.4 is 5.56 Å². The Bertz CT molecular complexity index is 1010. The molecule has 1 aromatic heterocycles. The zero-order valence-electron chi connectivity index (χ0n) is 18.0. The summed E-state index contributed by atoms with van der Waals surface area (Å²) < 4.78 is 7.48. The molecule has 0 saturated carbocycles. The van der Waals surface area contributed by atoms with E-state index in [0.29, 0.717) is 26.2 Å². The number of benzene rings is 1. The summed E-state index contributed by atoms with van der Waals surface area (Å²) in [5, 5.41) is 4.62. The van der Waals surface area contributed by atoms with Crippen LogP contribution in [-0.2, 0) is 35.3 Å². The molecule has 1 amide bonds. The van der Waals surface area contributed by atoms with Crippen LogP contribution in [0.4, 0.5) is 0 Å².